The number of sulfone groups is 1. The van der Waals surface area contributed by atoms with E-state index in [0.717, 1.165) is 18.5 Å². The van der Waals surface area contributed by atoms with Crippen LogP contribution in [-0.4, -0.2) is 53.3 Å². The van der Waals surface area contributed by atoms with E-state index in [1.807, 2.05) is 22.6 Å². The number of carbonyl (C=O) groups excluding carboxylic acids is 1. The summed E-state index contributed by atoms with van der Waals surface area (Å²) in [5.74, 6) is 0.0199. The number of aryl methyl sites for hydroxylation is 2. The highest BCUT2D eigenvalue weighted by Crippen LogP contribution is 2.30. The Morgan fingerprint density at radius 1 is 1.31 bits per heavy atom. The molecule has 1 fully saturated rings. The molecule has 0 unspecified atom stereocenters. The van der Waals surface area contributed by atoms with Crippen molar-refractivity contribution in [2.75, 3.05) is 19.3 Å². The molecule has 140 valence electrons. The number of rotatable bonds is 5. The minimum Gasteiger partial charge on any atom is -0.342 e. The van der Waals surface area contributed by atoms with E-state index >= 15 is 0 Å². The minimum atomic E-state index is -3.34. The molecule has 1 atom stereocenters. The van der Waals surface area contributed by atoms with Gasteiger partial charge in [-0.25, -0.2) is 8.42 Å². The van der Waals surface area contributed by atoms with Crippen LogP contribution in [0.3, 0.4) is 0 Å². The van der Waals surface area contributed by atoms with Gasteiger partial charge in [0.1, 0.15) is 0 Å². The summed E-state index contributed by atoms with van der Waals surface area (Å²) in [5, 5.41) is 4.20. The molecule has 1 aliphatic heterocycles. The van der Waals surface area contributed by atoms with E-state index in [-0.39, 0.29) is 16.7 Å². The summed E-state index contributed by atoms with van der Waals surface area (Å²) < 4.78 is 25.9. The van der Waals surface area contributed by atoms with Crippen molar-refractivity contribution in [1.29, 1.82) is 0 Å². The van der Waals surface area contributed by atoms with Crippen molar-refractivity contribution < 1.29 is 13.2 Å². The number of nitrogens with zero attached hydrogens (tertiary/aromatic N) is 4. The van der Waals surface area contributed by atoms with Crippen molar-refractivity contribution in [2.24, 2.45) is 0 Å². The van der Waals surface area contributed by atoms with Crippen molar-refractivity contribution in [3.8, 4) is 0 Å². The second-order valence-corrected chi connectivity index (χ2v) is 8.77. The van der Waals surface area contributed by atoms with E-state index in [4.69, 9.17) is 0 Å². The van der Waals surface area contributed by atoms with Gasteiger partial charge in [-0.15, -0.1) is 0 Å². The van der Waals surface area contributed by atoms with Crippen molar-refractivity contribution in [2.45, 2.75) is 43.5 Å². The van der Waals surface area contributed by atoms with E-state index in [1.54, 1.807) is 24.5 Å². The molecule has 0 bridgehead atoms. The molecule has 1 aliphatic rings. The fraction of sp³-hybridized carbons (Fsp3) is 0.500. The first-order valence-electron chi connectivity index (χ1n) is 8.77. The zero-order chi connectivity index (χ0) is 18.7. The highest BCUT2D eigenvalue weighted by Gasteiger charge is 2.29. The summed E-state index contributed by atoms with van der Waals surface area (Å²) in [6, 6.07) is 5.14. The van der Waals surface area contributed by atoms with Crippen LogP contribution in [-0.2, 0) is 21.2 Å². The van der Waals surface area contributed by atoms with Crippen molar-refractivity contribution >= 4 is 15.7 Å². The Morgan fingerprint density at radius 2 is 2.12 bits per heavy atom. The normalized spacial score (nSPS) is 18.1. The average Bonchev–Trinajstić information content (AvgIpc) is 3.04. The lowest BCUT2D eigenvalue weighted by atomic mass is 9.94. The third-order valence-electron chi connectivity index (χ3n) is 4.83. The van der Waals surface area contributed by atoms with Crippen LogP contribution in [0.15, 0.2) is 35.5 Å². The Bertz CT molecular complexity index is 891. The topological polar surface area (TPSA) is 85.2 Å². The van der Waals surface area contributed by atoms with Gasteiger partial charge in [-0.3, -0.25) is 14.5 Å². The van der Waals surface area contributed by atoms with Gasteiger partial charge in [0.15, 0.2) is 9.84 Å². The number of pyridine rings is 1. The number of hydrogen-bond donors (Lipinski definition) is 0. The first-order valence-corrected chi connectivity index (χ1v) is 10.7. The fourth-order valence-electron chi connectivity index (χ4n) is 3.44. The maximum Gasteiger partial charge on any atom is 0.224 e. The molecule has 0 radical (unpaired) electrons. The molecule has 0 saturated carbocycles. The molecular weight excluding hydrogens is 352 g/mol. The highest BCUT2D eigenvalue weighted by molar-refractivity contribution is 7.90. The number of likely N-dealkylation sites (tertiary alicyclic amines) is 1. The third-order valence-corrected chi connectivity index (χ3v) is 5.97. The Hall–Kier alpha value is -2.22. The maximum atomic E-state index is 12.6. The fourth-order valence-corrected chi connectivity index (χ4v) is 4.37. The Kier molecular flexibility index (Phi) is 5.41. The van der Waals surface area contributed by atoms with Crippen molar-refractivity contribution in [1.82, 2.24) is 19.7 Å². The van der Waals surface area contributed by atoms with Crippen LogP contribution in [0.2, 0.25) is 0 Å². The maximum absolute atomic E-state index is 12.6. The van der Waals surface area contributed by atoms with Gasteiger partial charge >= 0.3 is 0 Å². The summed E-state index contributed by atoms with van der Waals surface area (Å²) in [7, 11) is -3.34. The number of piperidine rings is 1. The van der Waals surface area contributed by atoms with Crippen LogP contribution in [0.5, 0.6) is 0 Å². The number of amides is 1. The molecule has 1 saturated heterocycles. The predicted octanol–water partition coefficient (Wildman–Crippen LogP) is 1.79. The van der Waals surface area contributed by atoms with E-state index in [1.165, 1.54) is 6.26 Å². The van der Waals surface area contributed by atoms with Gasteiger partial charge in [-0.05, 0) is 38.0 Å². The molecule has 0 aliphatic carbocycles. The van der Waals surface area contributed by atoms with Gasteiger partial charge in [0.25, 0.3) is 0 Å². The molecule has 2 aromatic rings. The van der Waals surface area contributed by atoms with Gasteiger partial charge < -0.3 is 4.90 Å². The molecule has 26 heavy (non-hydrogen) atoms. The first kappa shape index (κ1) is 18.6. The number of hydrogen-bond acceptors (Lipinski definition) is 5. The molecule has 0 aromatic carbocycles. The smallest absolute Gasteiger partial charge is 0.224 e. The zero-order valence-electron chi connectivity index (χ0n) is 15.1. The lowest BCUT2D eigenvalue weighted by Crippen LogP contribution is -2.40. The lowest BCUT2D eigenvalue weighted by Gasteiger charge is -2.33. The van der Waals surface area contributed by atoms with Crippen LogP contribution in [0.25, 0.3) is 0 Å². The molecule has 3 heterocycles. The monoisotopic (exact) mass is 376 g/mol. The largest absolute Gasteiger partial charge is 0.342 e. The predicted molar refractivity (Wildman–Crippen MR) is 97.5 cm³/mol. The van der Waals surface area contributed by atoms with Gasteiger partial charge in [-0.2, -0.15) is 5.10 Å². The van der Waals surface area contributed by atoms with Crippen molar-refractivity contribution in [3.63, 3.8) is 0 Å². The molecule has 3 rings (SSSR count). The Balaban J connectivity index is 1.70. The van der Waals surface area contributed by atoms with E-state index < -0.39 is 9.84 Å². The summed E-state index contributed by atoms with van der Waals surface area (Å²) in [4.78, 5) is 19.0. The van der Waals surface area contributed by atoms with E-state index in [2.05, 4.69) is 10.1 Å². The Morgan fingerprint density at radius 3 is 2.81 bits per heavy atom. The SMILES string of the molecule is Cc1ccnn1CCC(=O)N1CCC[C@@H](c2ncccc2S(C)(=O)=O)C1. The minimum absolute atomic E-state index is 0.0509. The molecule has 8 heteroatoms. The number of carbonyl (C=O) groups is 1. The molecule has 2 aromatic heterocycles. The zero-order valence-corrected chi connectivity index (χ0v) is 15.9. The first-order chi connectivity index (χ1) is 12.4. The summed E-state index contributed by atoms with van der Waals surface area (Å²) in [6.45, 7) is 3.73. The lowest BCUT2D eigenvalue weighted by molar-refractivity contribution is -0.132. The van der Waals surface area contributed by atoms with Gasteiger partial charge in [0.05, 0.1) is 10.6 Å². The van der Waals surface area contributed by atoms with E-state index in [9.17, 15) is 13.2 Å². The van der Waals surface area contributed by atoms with Gasteiger partial charge in [0, 0.05) is 56.3 Å². The van der Waals surface area contributed by atoms with Crippen LogP contribution >= 0.6 is 0 Å². The van der Waals surface area contributed by atoms with Crippen LogP contribution < -0.4 is 0 Å². The molecular formula is C18H24N4O3S. The summed E-state index contributed by atoms with van der Waals surface area (Å²) in [5.41, 5.74) is 1.61. The van der Waals surface area contributed by atoms with Crippen LogP contribution in [0, 0.1) is 6.92 Å². The average molecular weight is 376 g/mol. The molecule has 0 spiro atoms. The van der Waals surface area contributed by atoms with Crippen LogP contribution in [0.1, 0.15) is 36.6 Å². The van der Waals surface area contributed by atoms with E-state index in [0.29, 0.717) is 31.7 Å². The quantitative estimate of drug-likeness (QED) is 0.794. The number of aromatic nitrogens is 3. The van der Waals surface area contributed by atoms with Crippen LogP contribution in [0.4, 0.5) is 0 Å². The molecule has 0 N–H and O–H groups in total. The summed E-state index contributed by atoms with van der Waals surface area (Å²) in [6.07, 6.45) is 6.61. The van der Waals surface area contributed by atoms with Crippen molar-refractivity contribution in [3.05, 3.63) is 42.0 Å². The molecule has 1 amide bonds. The van der Waals surface area contributed by atoms with Gasteiger partial charge in [-0.1, -0.05) is 0 Å². The van der Waals surface area contributed by atoms with Gasteiger partial charge in [0.2, 0.25) is 5.91 Å². The second-order valence-electron chi connectivity index (χ2n) is 6.78. The Labute approximate surface area is 154 Å². The second kappa shape index (κ2) is 7.57. The summed E-state index contributed by atoms with van der Waals surface area (Å²) >= 11 is 0. The third kappa shape index (κ3) is 4.12. The highest BCUT2D eigenvalue weighted by atomic mass is 32.2. The standard InChI is InChI=1S/C18H24N4O3S/c1-14-7-10-20-22(14)12-8-17(23)21-11-4-5-15(13-21)18-16(26(2,24)25)6-3-9-19-18/h3,6-7,9-10,15H,4-5,8,11-13H2,1-2H3/t15-/m1/s1. The molecule has 7 nitrogen and oxygen atoms in total.